The smallest absolute Gasteiger partial charge is 0.306 e. The molecule has 0 aromatic rings. The summed E-state index contributed by atoms with van der Waals surface area (Å²) in [6.45, 7) is 2.62. The molecule has 0 aliphatic carbocycles. The van der Waals surface area contributed by atoms with Gasteiger partial charge in [0.25, 0.3) is 0 Å². The van der Waals surface area contributed by atoms with E-state index in [1.165, 1.54) is 11.8 Å². The quantitative estimate of drug-likeness (QED) is 0.538. The van der Waals surface area contributed by atoms with Gasteiger partial charge in [0.2, 0.25) is 0 Å². The first-order valence-corrected chi connectivity index (χ1v) is 5.61. The Morgan fingerprint density at radius 3 is 2.93 bits per heavy atom. The summed E-state index contributed by atoms with van der Waals surface area (Å²) in [4.78, 5) is 14.5. The number of rotatable bonds is 6. The van der Waals surface area contributed by atoms with Crippen molar-refractivity contribution in [2.45, 2.75) is 6.42 Å². The van der Waals surface area contributed by atoms with Gasteiger partial charge in [-0.15, -0.1) is 0 Å². The molecule has 3 N–H and O–H groups in total. The lowest BCUT2D eigenvalue weighted by molar-refractivity contribution is 0.268. The van der Waals surface area contributed by atoms with Crippen molar-refractivity contribution in [3.8, 4) is 0 Å². The number of aliphatic hydroxyl groups is 1. The van der Waals surface area contributed by atoms with Crippen molar-refractivity contribution in [2.24, 2.45) is 4.99 Å². The monoisotopic (exact) mass is 217 g/mol. The summed E-state index contributed by atoms with van der Waals surface area (Å²) >= 11 is 1.22. The summed E-state index contributed by atoms with van der Waals surface area (Å²) in [5.74, 6) is 1.43. The Labute approximate surface area is 87.4 Å². The molecule has 80 valence electrons. The number of carbonyl (C=O) groups excluding carboxylic acids is 1. The molecule has 6 heteroatoms. The number of hydrogen-bond donors (Lipinski definition) is 3. The van der Waals surface area contributed by atoms with Gasteiger partial charge in [-0.25, -0.2) is 0 Å². The molecule has 5 nitrogen and oxygen atoms in total. The van der Waals surface area contributed by atoms with Crippen LogP contribution in [0.2, 0.25) is 0 Å². The van der Waals surface area contributed by atoms with Gasteiger partial charge in [-0.1, -0.05) is 11.8 Å². The minimum atomic E-state index is -0.110. The number of aliphatic hydroxyl groups excluding tert-OH is 1. The third-order valence-corrected chi connectivity index (χ3v) is 2.46. The average molecular weight is 217 g/mol. The topological polar surface area (TPSA) is 73.7 Å². The zero-order valence-electron chi connectivity index (χ0n) is 7.95. The van der Waals surface area contributed by atoms with E-state index in [1.54, 1.807) is 0 Å². The van der Waals surface area contributed by atoms with Gasteiger partial charge in [0.05, 0.1) is 5.75 Å². The molecule has 0 unspecified atom stereocenters. The molecule has 0 spiro atoms. The summed E-state index contributed by atoms with van der Waals surface area (Å²) < 4.78 is 0. The maximum atomic E-state index is 10.7. The summed E-state index contributed by atoms with van der Waals surface area (Å²) in [5.41, 5.74) is 0. The molecule has 0 fully saturated rings. The number of thioether (sulfide) groups is 1. The Hall–Kier alpha value is -0.590. The van der Waals surface area contributed by atoms with Gasteiger partial charge in [-0.3, -0.25) is 4.79 Å². The molecular weight excluding hydrogens is 202 g/mol. The molecule has 0 bridgehead atoms. The van der Waals surface area contributed by atoms with Crippen molar-refractivity contribution in [1.82, 2.24) is 10.6 Å². The van der Waals surface area contributed by atoms with Gasteiger partial charge >= 0.3 is 5.24 Å². The molecule has 1 rings (SSSR count). The second-order valence-corrected chi connectivity index (χ2v) is 3.79. The lowest BCUT2D eigenvalue weighted by atomic mass is 10.4. The van der Waals surface area contributed by atoms with Gasteiger partial charge in [0, 0.05) is 19.7 Å². The molecule has 0 aromatic heterocycles. The van der Waals surface area contributed by atoms with E-state index in [0.717, 1.165) is 31.9 Å². The van der Waals surface area contributed by atoms with Crippen LogP contribution in [0.15, 0.2) is 4.99 Å². The molecule has 1 aliphatic heterocycles. The van der Waals surface area contributed by atoms with Gasteiger partial charge < -0.3 is 15.7 Å². The summed E-state index contributed by atoms with van der Waals surface area (Å²) in [6, 6.07) is 0. The molecule has 1 amide bonds. The Kier molecular flexibility index (Phi) is 5.58. The molecule has 14 heavy (non-hydrogen) atoms. The fourth-order valence-corrected chi connectivity index (χ4v) is 1.62. The predicted molar refractivity (Wildman–Crippen MR) is 57.9 cm³/mol. The highest BCUT2D eigenvalue weighted by Gasteiger charge is 2.13. The van der Waals surface area contributed by atoms with E-state index >= 15 is 0 Å². The summed E-state index contributed by atoms with van der Waals surface area (Å²) in [6.07, 6.45) is 0.773. The Morgan fingerprint density at radius 2 is 2.29 bits per heavy atom. The lowest BCUT2D eigenvalue weighted by Crippen LogP contribution is -2.32. The van der Waals surface area contributed by atoms with Crippen LogP contribution in [-0.4, -0.2) is 48.2 Å². The molecule has 0 saturated heterocycles. The third kappa shape index (κ3) is 4.59. The van der Waals surface area contributed by atoms with Crippen molar-refractivity contribution >= 4 is 22.8 Å². The minimum Gasteiger partial charge on any atom is -0.396 e. The standard InChI is InChI=1S/C8H15N3O2S/c12-5-1-2-9-3-4-10-7-6-14-8(13)11-7/h9,12H,1-6H2,(H,10,11,13). The number of amides is 1. The Bertz CT molecular complexity index is 221. The van der Waals surface area contributed by atoms with Gasteiger partial charge in [-0.05, 0) is 13.0 Å². The van der Waals surface area contributed by atoms with E-state index in [0.29, 0.717) is 5.75 Å². The van der Waals surface area contributed by atoms with Crippen LogP contribution < -0.4 is 10.6 Å². The molecule has 0 atom stereocenters. The molecular formula is C8H15N3O2S. The zero-order chi connectivity index (χ0) is 10.2. The van der Waals surface area contributed by atoms with Gasteiger partial charge in [-0.2, -0.15) is 4.99 Å². The van der Waals surface area contributed by atoms with Crippen LogP contribution in [0.1, 0.15) is 6.42 Å². The van der Waals surface area contributed by atoms with E-state index in [9.17, 15) is 4.79 Å². The van der Waals surface area contributed by atoms with Crippen LogP contribution in [-0.2, 0) is 0 Å². The number of nitrogens with zero attached hydrogens (tertiary/aromatic N) is 1. The summed E-state index contributed by atoms with van der Waals surface area (Å²) in [7, 11) is 0. The van der Waals surface area contributed by atoms with Gasteiger partial charge in [0.15, 0.2) is 0 Å². The van der Waals surface area contributed by atoms with Crippen molar-refractivity contribution < 1.29 is 9.90 Å². The van der Waals surface area contributed by atoms with E-state index in [4.69, 9.17) is 5.11 Å². The second-order valence-electron chi connectivity index (χ2n) is 2.87. The van der Waals surface area contributed by atoms with Crippen molar-refractivity contribution in [3.05, 3.63) is 0 Å². The fraction of sp³-hybridized carbons (Fsp3) is 0.750. The maximum absolute atomic E-state index is 10.7. The zero-order valence-corrected chi connectivity index (χ0v) is 8.77. The van der Waals surface area contributed by atoms with E-state index in [2.05, 4.69) is 15.6 Å². The predicted octanol–water partition coefficient (Wildman–Crippen LogP) is -0.187. The number of nitrogens with one attached hydrogen (secondary N) is 2. The lowest BCUT2D eigenvalue weighted by Gasteiger charge is -2.05. The number of carbonyl (C=O) groups is 1. The van der Waals surface area contributed by atoms with Crippen molar-refractivity contribution in [1.29, 1.82) is 0 Å². The number of hydrogen-bond acceptors (Lipinski definition) is 5. The summed E-state index contributed by atoms with van der Waals surface area (Å²) in [5, 5.41) is 14.6. The number of aliphatic imine (C=N–C) groups is 1. The van der Waals surface area contributed by atoms with Gasteiger partial charge in [0.1, 0.15) is 5.84 Å². The van der Waals surface area contributed by atoms with E-state index < -0.39 is 0 Å². The normalized spacial score (nSPS) is 15.8. The van der Waals surface area contributed by atoms with Crippen LogP contribution in [0, 0.1) is 0 Å². The highest BCUT2D eigenvalue weighted by Crippen LogP contribution is 2.11. The molecule has 0 aromatic carbocycles. The van der Waals surface area contributed by atoms with Crippen LogP contribution in [0.4, 0.5) is 4.79 Å². The maximum Gasteiger partial charge on any atom is 0.306 e. The highest BCUT2D eigenvalue weighted by atomic mass is 32.2. The largest absolute Gasteiger partial charge is 0.396 e. The first kappa shape index (κ1) is 11.5. The van der Waals surface area contributed by atoms with Crippen LogP contribution in [0.3, 0.4) is 0 Å². The molecule has 0 saturated carbocycles. The first-order chi connectivity index (χ1) is 6.83. The van der Waals surface area contributed by atoms with E-state index in [-0.39, 0.29) is 11.8 Å². The molecule has 0 radical (unpaired) electrons. The molecule has 1 heterocycles. The first-order valence-electron chi connectivity index (χ1n) is 4.62. The minimum absolute atomic E-state index is 0.110. The molecule has 1 aliphatic rings. The number of amidine groups is 1. The third-order valence-electron chi connectivity index (χ3n) is 1.70. The second kappa shape index (κ2) is 6.80. The van der Waals surface area contributed by atoms with Crippen LogP contribution >= 0.6 is 11.8 Å². The van der Waals surface area contributed by atoms with Crippen molar-refractivity contribution in [3.63, 3.8) is 0 Å². The van der Waals surface area contributed by atoms with Crippen LogP contribution in [0.25, 0.3) is 0 Å². The highest BCUT2D eigenvalue weighted by molar-refractivity contribution is 8.14. The Morgan fingerprint density at radius 1 is 1.43 bits per heavy atom. The Balaban J connectivity index is 1.94. The SMILES string of the molecule is O=C1N=C(NCCNCCCO)CS1. The van der Waals surface area contributed by atoms with E-state index in [1.807, 2.05) is 0 Å². The average Bonchev–Trinajstić information content (AvgIpc) is 2.58. The fourth-order valence-electron chi connectivity index (χ4n) is 1.02. The van der Waals surface area contributed by atoms with Crippen molar-refractivity contribution in [2.75, 3.05) is 32.0 Å². The van der Waals surface area contributed by atoms with Crippen LogP contribution in [0.5, 0.6) is 0 Å².